The maximum absolute atomic E-state index is 7.55. The number of thiazole rings is 1. The highest BCUT2D eigenvalue weighted by Crippen LogP contribution is 2.27. The van der Waals surface area contributed by atoms with E-state index in [0.29, 0.717) is 16.4 Å². The molecule has 0 fully saturated rings. The van der Waals surface area contributed by atoms with Gasteiger partial charge in [-0.1, -0.05) is 23.5 Å². The van der Waals surface area contributed by atoms with E-state index in [0.717, 1.165) is 10.2 Å². The summed E-state index contributed by atoms with van der Waals surface area (Å²) in [6.07, 6.45) is 1.59. The zero-order valence-electron chi connectivity index (χ0n) is 10.9. The minimum absolute atomic E-state index is 0.0967. The monoisotopic (exact) mass is 296 g/mol. The standard InChI is InChI=1S/C14H12N6S/c15-12(16)8-4-3-7-18-11(8)13(17)20-14-19-9-5-1-2-6-10(9)21-14/h1-7H,(H3,15,16)(H2,17,19,20). The van der Waals surface area contributed by atoms with Gasteiger partial charge >= 0.3 is 0 Å². The molecule has 1 aromatic carbocycles. The highest BCUT2D eigenvalue weighted by atomic mass is 32.1. The molecule has 0 aliphatic carbocycles. The summed E-state index contributed by atoms with van der Waals surface area (Å²) in [4.78, 5) is 12.8. The zero-order valence-corrected chi connectivity index (χ0v) is 11.8. The van der Waals surface area contributed by atoms with Crippen LogP contribution in [0.4, 0.5) is 5.13 Å². The van der Waals surface area contributed by atoms with Gasteiger partial charge in [0.15, 0.2) is 5.84 Å². The molecule has 0 aliphatic heterocycles. The first-order valence-corrected chi connectivity index (χ1v) is 6.96. The van der Waals surface area contributed by atoms with Gasteiger partial charge in [0.05, 0.1) is 10.2 Å². The molecule has 104 valence electrons. The van der Waals surface area contributed by atoms with Gasteiger partial charge in [0.2, 0.25) is 5.13 Å². The van der Waals surface area contributed by atoms with E-state index in [1.54, 1.807) is 18.3 Å². The van der Waals surface area contributed by atoms with Crippen LogP contribution in [-0.4, -0.2) is 21.6 Å². The third kappa shape index (κ3) is 2.59. The molecule has 0 bridgehead atoms. The highest BCUT2D eigenvalue weighted by Gasteiger charge is 2.11. The van der Waals surface area contributed by atoms with Crippen molar-refractivity contribution in [1.29, 1.82) is 5.41 Å². The molecule has 0 radical (unpaired) electrons. The lowest BCUT2D eigenvalue weighted by molar-refractivity contribution is 1.24. The normalized spacial score (nSPS) is 11.7. The fourth-order valence-electron chi connectivity index (χ4n) is 1.89. The summed E-state index contributed by atoms with van der Waals surface area (Å²) in [5.41, 5.74) is 13.2. The first kappa shape index (κ1) is 13.2. The minimum Gasteiger partial charge on any atom is -0.384 e. The maximum Gasteiger partial charge on any atom is 0.212 e. The average Bonchev–Trinajstić information content (AvgIpc) is 2.89. The number of benzene rings is 1. The van der Waals surface area contributed by atoms with Crippen LogP contribution in [0.1, 0.15) is 11.3 Å². The number of rotatable bonds is 3. The number of nitrogens with zero attached hydrogens (tertiary/aromatic N) is 3. The van der Waals surface area contributed by atoms with E-state index in [2.05, 4.69) is 15.0 Å². The number of pyridine rings is 1. The van der Waals surface area contributed by atoms with Crippen LogP contribution in [0, 0.1) is 5.41 Å². The van der Waals surface area contributed by atoms with Crippen molar-refractivity contribution in [2.75, 3.05) is 0 Å². The molecule has 7 heteroatoms. The number of fused-ring (bicyclic) bond motifs is 1. The highest BCUT2D eigenvalue weighted by molar-refractivity contribution is 7.22. The van der Waals surface area contributed by atoms with Gasteiger partial charge in [-0.05, 0) is 24.3 Å². The third-order valence-electron chi connectivity index (χ3n) is 2.84. The van der Waals surface area contributed by atoms with Crippen LogP contribution in [-0.2, 0) is 0 Å². The molecule has 3 rings (SSSR count). The van der Waals surface area contributed by atoms with Crippen molar-refractivity contribution in [3.05, 3.63) is 53.9 Å². The number of aromatic nitrogens is 2. The van der Waals surface area contributed by atoms with Crippen molar-refractivity contribution in [3.63, 3.8) is 0 Å². The molecule has 0 aliphatic rings. The molecule has 2 heterocycles. The number of hydrogen-bond donors (Lipinski definition) is 3. The molecule has 0 amide bonds. The second kappa shape index (κ2) is 5.29. The van der Waals surface area contributed by atoms with Gasteiger partial charge in [0.25, 0.3) is 0 Å². The Balaban J connectivity index is 2.05. The Kier molecular flexibility index (Phi) is 3.33. The van der Waals surface area contributed by atoms with Gasteiger partial charge in [-0.25, -0.2) is 4.98 Å². The largest absolute Gasteiger partial charge is 0.384 e. The Bertz CT molecular complexity index is 818. The van der Waals surface area contributed by atoms with Crippen LogP contribution in [0.3, 0.4) is 0 Å². The van der Waals surface area contributed by atoms with Gasteiger partial charge < -0.3 is 11.5 Å². The maximum atomic E-state index is 7.55. The number of nitrogen functional groups attached to an aromatic ring is 1. The second-order valence-corrected chi connectivity index (χ2v) is 5.28. The average molecular weight is 296 g/mol. The topological polar surface area (TPSA) is 114 Å². The van der Waals surface area contributed by atoms with Crippen LogP contribution < -0.4 is 11.5 Å². The number of nitrogens with one attached hydrogen (secondary N) is 1. The lowest BCUT2D eigenvalue weighted by Crippen LogP contribution is -2.22. The predicted molar refractivity (Wildman–Crippen MR) is 85.3 cm³/mol. The van der Waals surface area contributed by atoms with E-state index < -0.39 is 0 Å². The van der Waals surface area contributed by atoms with Crippen molar-refractivity contribution >= 4 is 38.4 Å². The number of hydrogen-bond acceptors (Lipinski definition) is 5. The van der Waals surface area contributed by atoms with Gasteiger partial charge in [-0.3, -0.25) is 10.4 Å². The van der Waals surface area contributed by atoms with Gasteiger partial charge in [-0.15, -0.1) is 0 Å². The zero-order chi connectivity index (χ0) is 14.8. The first-order chi connectivity index (χ1) is 10.1. The molecule has 0 atom stereocenters. The fourth-order valence-corrected chi connectivity index (χ4v) is 2.74. The Hall–Kier alpha value is -2.80. The Morgan fingerprint density at radius 2 is 1.95 bits per heavy atom. The van der Waals surface area contributed by atoms with Crippen LogP contribution in [0.2, 0.25) is 0 Å². The van der Waals surface area contributed by atoms with Gasteiger partial charge in [0, 0.05) is 11.8 Å². The van der Waals surface area contributed by atoms with Gasteiger partial charge in [0.1, 0.15) is 11.5 Å². The SMILES string of the molecule is N=C(N)c1cccnc1/C(N)=N/c1nc2ccccc2s1. The van der Waals surface area contributed by atoms with E-state index >= 15 is 0 Å². The smallest absolute Gasteiger partial charge is 0.212 e. The van der Waals surface area contributed by atoms with Crippen molar-refractivity contribution < 1.29 is 0 Å². The molecular formula is C14H12N6S. The molecule has 3 aromatic rings. The molecule has 6 nitrogen and oxygen atoms in total. The molecule has 0 saturated heterocycles. The number of amidine groups is 2. The number of para-hydroxylation sites is 1. The molecular weight excluding hydrogens is 284 g/mol. The van der Waals surface area contributed by atoms with E-state index in [-0.39, 0.29) is 11.7 Å². The van der Waals surface area contributed by atoms with Crippen LogP contribution in [0.15, 0.2) is 47.6 Å². The summed E-state index contributed by atoms with van der Waals surface area (Å²) in [6.45, 7) is 0. The lowest BCUT2D eigenvalue weighted by Gasteiger charge is -2.05. The second-order valence-electron chi connectivity index (χ2n) is 4.27. The summed E-state index contributed by atoms with van der Waals surface area (Å²) < 4.78 is 1.04. The Morgan fingerprint density at radius 3 is 2.71 bits per heavy atom. The molecule has 0 unspecified atom stereocenters. The molecule has 21 heavy (non-hydrogen) atoms. The summed E-state index contributed by atoms with van der Waals surface area (Å²) in [5.74, 6) is 0.0976. The minimum atomic E-state index is -0.0967. The molecule has 0 saturated carbocycles. The van der Waals surface area contributed by atoms with Crippen LogP contribution in [0.5, 0.6) is 0 Å². The first-order valence-electron chi connectivity index (χ1n) is 6.14. The van der Waals surface area contributed by atoms with E-state index in [9.17, 15) is 0 Å². The number of nitrogens with two attached hydrogens (primary N) is 2. The molecule has 2 aromatic heterocycles. The summed E-state index contributed by atoms with van der Waals surface area (Å²) in [7, 11) is 0. The Morgan fingerprint density at radius 1 is 1.14 bits per heavy atom. The van der Waals surface area contributed by atoms with E-state index in [1.807, 2.05) is 24.3 Å². The van der Waals surface area contributed by atoms with Crippen LogP contribution in [0.25, 0.3) is 10.2 Å². The van der Waals surface area contributed by atoms with Crippen molar-refractivity contribution in [2.45, 2.75) is 0 Å². The number of aliphatic imine (C=N–C) groups is 1. The van der Waals surface area contributed by atoms with Crippen molar-refractivity contribution in [3.8, 4) is 0 Å². The van der Waals surface area contributed by atoms with Crippen molar-refractivity contribution in [1.82, 2.24) is 9.97 Å². The summed E-state index contributed by atoms with van der Waals surface area (Å²) in [6, 6.07) is 11.2. The van der Waals surface area contributed by atoms with E-state index in [4.69, 9.17) is 16.9 Å². The summed E-state index contributed by atoms with van der Waals surface area (Å²) in [5, 5.41) is 8.10. The predicted octanol–water partition coefficient (Wildman–Crippen LogP) is 2.01. The molecule has 0 spiro atoms. The summed E-state index contributed by atoms with van der Waals surface area (Å²) >= 11 is 1.44. The lowest BCUT2D eigenvalue weighted by atomic mass is 10.1. The van der Waals surface area contributed by atoms with E-state index in [1.165, 1.54) is 11.3 Å². The fraction of sp³-hybridized carbons (Fsp3) is 0. The van der Waals surface area contributed by atoms with Crippen molar-refractivity contribution in [2.24, 2.45) is 16.5 Å². The quantitative estimate of drug-likeness (QED) is 0.506. The van der Waals surface area contributed by atoms with Gasteiger partial charge in [-0.2, -0.15) is 4.99 Å². The Labute approximate surface area is 124 Å². The van der Waals surface area contributed by atoms with Crippen LogP contribution >= 0.6 is 11.3 Å². The molecule has 5 N–H and O–H groups in total. The third-order valence-corrected chi connectivity index (χ3v) is 3.77.